The largest absolute Gasteiger partial charge is 0.337 e. The predicted molar refractivity (Wildman–Crippen MR) is 127 cm³/mol. The van der Waals surface area contributed by atoms with E-state index in [-0.39, 0.29) is 22.5 Å². The summed E-state index contributed by atoms with van der Waals surface area (Å²) in [5.74, 6) is -1.14. The second kappa shape index (κ2) is 9.67. The average molecular weight is 482 g/mol. The third-order valence-corrected chi connectivity index (χ3v) is 4.96. The van der Waals surface area contributed by atoms with E-state index in [1.54, 1.807) is 24.1 Å². The quantitative estimate of drug-likeness (QED) is 0.305. The molecule has 3 N–H and O–H groups in total. The Morgan fingerprint density at radius 1 is 1.09 bits per heavy atom. The van der Waals surface area contributed by atoms with Crippen LogP contribution in [0.5, 0.6) is 0 Å². The maximum atomic E-state index is 14.7. The maximum absolute atomic E-state index is 14.7. The van der Waals surface area contributed by atoms with Crippen LogP contribution >= 0.6 is 11.6 Å². The lowest BCUT2D eigenvalue weighted by Crippen LogP contribution is -2.08. The van der Waals surface area contributed by atoms with Crippen LogP contribution in [0.4, 0.5) is 37.6 Å². The van der Waals surface area contributed by atoms with Gasteiger partial charge in [-0.25, -0.2) is 13.8 Å². The number of hydrogen-bond donors (Lipinski definition) is 3. The highest BCUT2D eigenvalue weighted by atomic mass is 35.5. The van der Waals surface area contributed by atoms with E-state index in [9.17, 15) is 13.6 Å². The Labute approximate surface area is 198 Å². The van der Waals surface area contributed by atoms with E-state index in [0.717, 1.165) is 12.1 Å². The molecule has 2 heterocycles. The van der Waals surface area contributed by atoms with Crippen molar-refractivity contribution in [1.29, 1.82) is 0 Å². The first-order chi connectivity index (χ1) is 16.3. The van der Waals surface area contributed by atoms with Gasteiger partial charge in [0, 0.05) is 36.3 Å². The number of anilines is 5. The van der Waals surface area contributed by atoms with E-state index >= 15 is 0 Å². The van der Waals surface area contributed by atoms with Gasteiger partial charge in [0.25, 0.3) is 0 Å². The van der Waals surface area contributed by atoms with Crippen molar-refractivity contribution in [3.05, 3.63) is 84.3 Å². The number of hydrogen-bond acceptors (Lipinski definition) is 6. The molecule has 0 spiro atoms. The molecule has 0 atom stereocenters. The molecule has 0 saturated heterocycles. The lowest BCUT2D eigenvalue weighted by Gasteiger charge is -2.15. The van der Waals surface area contributed by atoms with Gasteiger partial charge < -0.3 is 16.0 Å². The number of carbonyl (C=O) groups excluding carboxylic acids is 1. The molecule has 8 nitrogen and oxygen atoms in total. The highest BCUT2D eigenvalue weighted by Gasteiger charge is 2.16. The van der Waals surface area contributed by atoms with E-state index in [0.29, 0.717) is 22.5 Å². The Morgan fingerprint density at radius 2 is 1.91 bits per heavy atom. The number of halogens is 3. The lowest BCUT2D eigenvalue weighted by molar-refractivity contribution is -0.111. The fourth-order valence-electron chi connectivity index (χ4n) is 3.08. The third kappa shape index (κ3) is 5.18. The SMILES string of the molecule is C=CC(=O)Nc1ccc(F)c(Nc2nc(Nc3cnn(C)c3)ncc2-c2ccc(F)cc2Cl)c1. The normalized spacial score (nSPS) is 10.6. The Kier molecular flexibility index (Phi) is 6.51. The molecule has 0 unspecified atom stereocenters. The molecule has 0 bridgehead atoms. The summed E-state index contributed by atoms with van der Waals surface area (Å²) < 4.78 is 29.9. The van der Waals surface area contributed by atoms with Crippen LogP contribution in [0.1, 0.15) is 0 Å². The first-order valence-electron chi connectivity index (χ1n) is 9.90. The lowest BCUT2D eigenvalue weighted by atomic mass is 10.1. The number of amides is 1. The van der Waals surface area contributed by atoms with Crippen LogP contribution in [-0.2, 0) is 11.8 Å². The molecule has 0 radical (unpaired) electrons. The molecular weight excluding hydrogens is 464 g/mol. The van der Waals surface area contributed by atoms with Crippen LogP contribution in [0, 0.1) is 11.6 Å². The van der Waals surface area contributed by atoms with Gasteiger partial charge in [0.05, 0.1) is 22.6 Å². The molecular formula is C23H18ClF2N7O. The summed E-state index contributed by atoms with van der Waals surface area (Å²) in [6.45, 7) is 3.40. The van der Waals surface area contributed by atoms with Gasteiger partial charge in [-0.1, -0.05) is 18.2 Å². The Bertz CT molecular complexity index is 1390. The monoisotopic (exact) mass is 481 g/mol. The molecule has 0 aliphatic heterocycles. The van der Waals surface area contributed by atoms with E-state index in [1.165, 1.54) is 36.5 Å². The fraction of sp³-hybridized carbons (Fsp3) is 0.0435. The van der Waals surface area contributed by atoms with Crippen molar-refractivity contribution in [2.24, 2.45) is 7.05 Å². The van der Waals surface area contributed by atoms with Gasteiger partial charge in [-0.05, 0) is 42.5 Å². The summed E-state index contributed by atoms with van der Waals surface area (Å²) in [6.07, 6.45) is 5.90. The summed E-state index contributed by atoms with van der Waals surface area (Å²) >= 11 is 6.26. The molecule has 0 fully saturated rings. The Hall–Kier alpha value is -4.31. The number of nitrogens with zero attached hydrogens (tertiary/aromatic N) is 4. The molecule has 172 valence electrons. The molecule has 34 heavy (non-hydrogen) atoms. The summed E-state index contributed by atoms with van der Waals surface area (Å²) in [6, 6.07) is 7.90. The van der Waals surface area contributed by atoms with Crippen molar-refractivity contribution < 1.29 is 13.6 Å². The number of carbonyl (C=O) groups is 1. The van der Waals surface area contributed by atoms with Gasteiger partial charge in [0.15, 0.2) is 0 Å². The molecule has 0 aliphatic rings. The van der Waals surface area contributed by atoms with E-state index in [2.05, 4.69) is 37.6 Å². The molecule has 2 aromatic heterocycles. The molecule has 2 aromatic carbocycles. The van der Waals surface area contributed by atoms with Crippen molar-refractivity contribution >= 4 is 46.3 Å². The van der Waals surface area contributed by atoms with E-state index in [1.807, 2.05) is 0 Å². The zero-order valence-electron chi connectivity index (χ0n) is 17.8. The number of rotatable bonds is 7. The standard InChI is InChI=1S/C23H18ClF2N7O/c1-3-21(34)29-14-5-7-19(26)20(9-14)31-22-17(16-6-4-13(25)8-18(16)24)11-27-23(32-22)30-15-10-28-33(2)12-15/h3-12H,1H2,2H3,(H,29,34)(H2,27,30,31,32). The smallest absolute Gasteiger partial charge is 0.247 e. The number of benzene rings is 2. The van der Waals surface area contributed by atoms with Gasteiger partial charge in [-0.2, -0.15) is 10.1 Å². The van der Waals surface area contributed by atoms with Crippen molar-refractivity contribution in [1.82, 2.24) is 19.7 Å². The predicted octanol–water partition coefficient (Wildman–Crippen LogP) is 5.42. The third-order valence-electron chi connectivity index (χ3n) is 4.64. The van der Waals surface area contributed by atoms with Crippen LogP contribution in [0.3, 0.4) is 0 Å². The van der Waals surface area contributed by atoms with Gasteiger partial charge in [-0.15, -0.1) is 0 Å². The van der Waals surface area contributed by atoms with Gasteiger partial charge >= 0.3 is 0 Å². The van der Waals surface area contributed by atoms with Crippen LogP contribution in [-0.4, -0.2) is 25.7 Å². The van der Waals surface area contributed by atoms with Crippen molar-refractivity contribution in [3.63, 3.8) is 0 Å². The van der Waals surface area contributed by atoms with Gasteiger partial charge in [-0.3, -0.25) is 9.48 Å². The second-order valence-electron chi connectivity index (χ2n) is 7.12. The summed E-state index contributed by atoms with van der Waals surface area (Å²) in [5, 5.41) is 12.7. The average Bonchev–Trinajstić information content (AvgIpc) is 3.21. The van der Waals surface area contributed by atoms with Crippen molar-refractivity contribution in [2.45, 2.75) is 0 Å². The van der Waals surface area contributed by atoms with Gasteiger partial charge in [0.2, 0.25) is 11.9 Å². The van der Waals surface area contributed by atoms with Crippen LogP contribution in [0.2, 0.25) is 5.02 Å². The Balaban J connectivity index is 1.76. The van der Waals surface area contributed by atoms with Gasteiger partial charge in [0.1, 0.15) is 17.5 Å². The molecule has 11 heteroatoms. The Morgan fingerprint density at radius 3 is 2.62 bits per heavy atom. The number of aromatic nitrogens is 4. The number of aryl methyl sites for hydroxylation is 1. The topological polar surface area (TPSA) is 96.8 Å². The van der Waals surface area contributed by atoms with Crippen LogP contribution in [0.25, 0.3) is 11.1 Å². The summed E-state index contributed by atoms with van der Waals surface area (Å²) in [5.41, 5.74) is 1.86. The van der Waals surface area contributed by atoms with E-state index < -0.39 is 17.5 Å². The molecule has 4 aromatic rings. The first kappa shape index (κ1) is 22.9. The summed E-state index contributed by atoms with van der Waals surface area (Å²) in [4.78, 5) is 20.4. The highest BCUT2D eigenvalue weighted by Crippen LogP contribution is 2.35. The fourth-order valence-corrected chi connectivity index (χ4v) is 3.35. The highest BCUT2D eigenvalue weighted by molar-refractivity contribution is 6.33. The minimum Gasteiger partial charge on any atom is -0.337 e. The van der Waals surface area contributed by atoms with E-state index in [4.69, 9.17) is 11.6 Å². The molecule has 1 amide bonds. The van der Waals surface area contributed by atoms with Crippen LogP contribution in [0.15, 0.2) is 67.6 Å². The molecule has 0 aliphatic carbocycles. The number of nitrogens with one attached hydrogen (secondary N) is 3. The maximum Gasteiger partial charge on any atom is 0.247 e. The van der Waals surface area contributed by atoms with Crippen LogP contribution < -0.4 is 16.0 Å². The van der Waals surface area contributed by atoms with Crippen molar-refractivity contribution in [3.8, 4) is 11.1 Å². The first-order valence-corrected chi connectivity index (χ1v) is 10.3. The zero-order chi connectivity index (χ0) is 24.2. The molecule has 4 rings (SSSR count). The minimum absolute atomic E-state index is 0.0346. The second-order valence-corrected chi connectivity index (χ2v) is 7.53. The minimum atomic E-state index is -0.590. The molecule has 0 saturated carbocycles. The summed E-state index contributed by atoms with van der Waals surface area (Å²) in [7, 11) is 1.76. The van der Waals surface area contributed by atoms with Crippen molar-refractivity contribution in [2.75, 3.05) is 16.0 Å². The zero-order valence-corrected chi connectivity index (χ0v) is 18.6.